The first-order valence-electron chi connectivity index (χ1n) is 4.53. The van der Waals surface area contributed by atoms with Gasteiger partial charge in [-0.2, -0.15) is 0 Å². The summed E-state index contributed by atoms with van der Waals surface area (Å²) in [6, 6.07) is 4.53. The maximum absolute atomic E-state index is 3.78. The lowest BCUT2D eigenvalue weighted by Gasteiger charge is -2.06. The van der Waals surface area contributed by atoms with Crippen LogP contribution in [0.15, 0.2) is 17.5 Å². The van der Waals surface area contributed by atoms with E-state index in [0.29, 0.717) is 4.83 Å². The van der Waals surface area contributed by atoms with E-state index in [9.17, 15) is 0 Å². The Kier molecular flexibility index (Phi) is 3.91. The minimum atomic E-state index is 0.349. The molecule has 2 aromatic rings. The number of halogens is 2. The fourth-order valence-corrected chi connectivity index (χ4v) is 4.97. The summed E-state index contributed by atoms with van der Waals surface area (Å²) in [4.78, 5) is 3.15. The second kappa shape index (κ2) is 4.85. The van der Waals surface area contributed by atoms with Crippen molar-refractivity contribution in [3.63, 3.8) is 0 Å². The highest BCUT2D eigenvalue weighted by Gasteiger charge is 2.15. The molecule has 0 saturated heterocycles. The second-order valence-electron chi connectivity index (χ2n) is 3.42. The van der Waals surface area contributed by atoms with Crippen LogP contribution >= 0.6 is 61.2 Å². The van der Waals surface area contributed by atoms with E-state index in [1.165, 1.54) is 23.8 Å². The van der Waals surface area contributed by atoms with Crippen LogP contribution in [0, 0.1) is 16.7 Å². The van der Waals surface area contributed by atoms with Crippen LogP contribution in [0.1, 0.15) is 25.7 Å². The molecule has 2 rings (SSSR count). The zero-order chi connectivity index (χ0) is 11.0. The predicted molar refractivity (Wildman–Crippen MR) is 81.6 cm³/mol. The van der Waals surface area contributed by atoms with Gasteiger partial charge in [-0.15, -0.1) is 22.7 Å². The fourth-order valence-electron chi connectivity index (χ4n) is 1.54. The number of hydrogen-bond acceptors (Lipinski definition) is 2. The maximum Gasteiger partial charge on any atom is 0.0663 e. The molecule has 1 unspecified atom stereocenters. The van der Waals surface area contributed by atoms with Gasteiger partial charge in [-0.1, -0.05) is 15.9 Å². The van der Waals surface area contributed by atoms with E-state index in [1.807, 2.05) is 11.3 Å². The van der Waals surface area contributed by atoms with Crippen molar-refractivity contribution in [1.82, 2.24) is 0 Å². The highest BCUT2D eigenvalue weighted by atomic mass is 127. The molecule has 0 aromatic carbocycles. The number of aryl methyl sites for hydroxylation is 2. The summed E-state index contributed by atoms with van der Waals surface area (Å²) in [6.45, 7) is 4.36. The molecule has 15 heavy (non-hydrogen) atoms. The normalized spacial score (nSPS) is 13.1. The van der Waals surface area contributed by atoms with Gasteiger partial charge in [0.15, 0.2) is 0 Å². The third kappa shape index (κ3) is 2.65. The number of thiophene rings is 2. The van der Waals surface area contributed by atoms with Gasteiger partial charge in [0.05, 0.1) is 7.71 Å². The van der Waals surface area contributed by atoms with Crippen LogP contribution in [0.4, 0.5) is 0 Å². The highest BCUT2D eigenvalue weighted by Crippen LogP contribution is 2.38. The molecule has 0 aliphatic carbocycles. The van der Waals surface area contributed by atoms with Gasteiger partial charge in [0.25, 0.3) is 0 Å². The lowest BCUT2D eigenvalue weighted by atomic mass is 10.1. The third-order valence-electron chi connectivity index (χ3n) is 2.23. The maximum atomic E-state index is 3.78. The van der Waals surface area contributed by atoms with Gasteiger partial charge in [-0.05, 0) is 65.1 Å². The molecule has 0 amide bonds. The van der Waals surface area contributed by atoms with Crippen molar-refractivity contribution in [2.45, 2.75) is 18.7 Å². The van der Waals surface area contributed by atoms with Crippen molar-refractivity contribution in [2.75, 3.05) is 0 Å². The van der Waals surface area contributed by atoms with Crippen LogP contribution in [-0.2, 0) is 0 Å². The highest BCUT2D eigenvalue weighted by molar-refractivity contribution is 14.1. The van der Waals surface area contributed by atoms with Gasteiger partial charge < -0.3 is 0 Å². The van der Waals surface area contributed by atoms with Crippen molar-refractivity contribution in [2.24, 2.45) is 0 Å². The number of rotatable bonds is 2. The average Bonchev–Trinajstić information content (AvgIpc) is 2.71. The second-order valence-corrected chi connectivity index (χ2v) is 8.60. The predicted octanol–water partition coefficient (Wildman–Crippen LogP) is 5.52. The molecule has 0 nitrogen and oxygen atoms in total. The topological polar surface area (TPSA) is 0 Å². The Morgan fingerprint density at radius 1 is 1.33 bits per heavy atom. The summed E-state index contributed by atoms with van der Waals surface area (Å²) >= 11 is 9.82. The van der Waals surface area contributed by atoms with Gasteiger partial charge in [-0.3, -0.25) is 0 Å². The molecule has 2 aromatic heterocycles. The minimum absolute atomic E-state index is 0.349. The summed E-state index contributed by atoms with van der Waals surface area (Å²) in [5.74, 6) is 0. The summed E-state index contributed by atoms with van der Waals surface area (Å²) in [7, 11) is 0. The summed E-state index contributed by atoms with van der Waals surface area (Å²) in [6.07, 6.45) is 0. The molecule has 4 heteroatoms. The molecule has 1 atom stereocenters. The Morgan fingerprint density at radius 3 is 2.53 bits per heavy atom. The van der Waals surface area contributed by atoms with E-state index in [1.54, 1.807) is 11.3 Å². The van der Waals surface area contributed by atoms with Crippen LogP contribution in [-0.4, -0.2) is 0 Å². The molecular weight excluding hydrogens is 403 g/mol. The molecule has 80 valence electrons. The molecule has 0 radical (unpaired) electrons. The van der Waals surface area contributed by atoms with Crippen LogP contribution < -0.4 is 0 Å². The number of alkyl halides is 1. The average molecular weight is 413 g/mol. The molecule has 0 aliphatic rings. The molecule has 0 bridgehead atoms. The van der Waals surface area contributed by atoms with Gasteiger partial charge in [0.2, 0.25) is 0 Å². The Bertz CT molecular complexity index is 473. The van der Waals surface area contributed by atoms with E-state index in [-0.39, 0.29) is 0 Å². The van der Waals surface area contributed by atoms with E-state index in [4.69, 9.17) is 0 Å². The van der Waals surface area contributed by atoms with Crippen molar-refractivity contribution in [1.29, 1.82) is 0 Å². The van der Waals surface area contributed by atoms with Gasteiger partial charge in [0, 0.05) is 9.75 Å². The summed E-state index contributed by atoms with van der Waals surface area (Å²) in [5.41, 5.74) is 2.78. The largest absolute Gasteiger partial charge is 0.146 e. The first-order valence-corrected chi connectivity index (χ1v) is 8.22. The van der Waals surface area contributed by atoms with Crippen LogP contribution in [0.25, 0.3) is 0 Å². The first-order chi connectivity index (χ1) is 7.08. The van der Waals surface area contributed by atoms with Crippen molar-refractivity contribution >= 4 is 61.2 Å². The molecule has 0 spiro atoms. The van der Waals surface area contributed by atoms with E-state index in [0.717, 1.165) is 0 Å². The van der Waals surface area contributed by atoms with Gasteiger partial charge >= 0.3 is 0 Å². The van der Waals surface area contributed by atoms with Crippen LogP contribution in [0.5, 0.6) is 0 Å². The third-order valence-corrected chi connectivity index (χ3v) is 6.04. The molecule has 0 aliphatic heterocycles. The lowest BCUT2D eigenvalue weighted by molar-refractivity contribution is 1.18. The van der Waals surface area contributed by atoms with Crippen molar-refractivity contribution in [3.8, 4) is 0 Å². The van der Waals surface area contributed by atoms with E-state index >= 15 is 0 Å². The lowest BCUT2D eigenvalue weighted by Crippen LogP contribution is -1.89. The molecule has 2 heterocycles. The molecule has 0 saturated carbocycles. The number of hydrogen-bond donors (Lipinski definition) is 0. The van der Waals surface area contributed by atoms with Crippen molar-refractivity contribution < 1.29 is 0 Å². The monoisotopic (exact) mass is 412 g/mol. The summed E-state index contributed by atoms with van der Waals surface area (Å²) < 4.78 is 1.34. The van der Waals surface area contributed by atoms with Crippen LogP contribution in [0.2, 0.25) is 0 Å². The summed E-state index contributed by atoms with van der Waals surface area (Å²) in [5, 5.41) is 2.23. The fraction of sp³-hybridized carbons (Fsp3) is 0.273. The molecule has 0 fully saturated rings. The Labute approximate surface area is 120 Å². The molecular formula is C11H10BrIS2. The Morgan fingerprint density at radius 2 is 2.07 bits per heavy atom. The van der Waals surface area contributed by atoms with Crippen LogP contribution in [0.3, 0.4) is 0 Å². The van der Waals surface area contributed by atoms with E-state index in [2.05, 4.69) is 69.9 Å². The quantitative estimate of drug-likeness (QED) is 0.450. The van der Waals surface area contributed by atoms with Gasteiger partial charge in [-0.25, -0.2) is 0 Å². The first kappa shape index (κ1) is 12.1. The SMILES string of the molecule is Cc1cc(C(Br)c2csc(I)c2)c(C)s1. The van der Waals surface area contributed by atoms with E-state index < -0.39 is 0 Å². The van der Waals surface area contributed by atoms with Crippen molar-refractivity contribution in [3.05, 3.63) is 41.3 Å². The Balaban J connectivity index is 2.35. The van der Waals surface area contributed by atoms with Gasteiger partial charge in [0.1, 0.15) is 0 Å². The zero-order valence-corrected chi connectivity index (χ0v) is 13.8. The zero-order valence-electron chi connectivity index (χ0n) is 8.38. The smallest absolute Gasteiger partial charge is 0.0663 e. The minimum Gasteiger partial charge on any atom is -0.146 e. The standard InChI is InChI=1S/C11H10BrIS2/c1-6-3-9(7(2)15-6)11(12)8-4-10(13)14-5-8/h3-5,11H,1-2H3. The molecule has 0 N–H and O–H groups in total. The Hall–Kier alpha value is 0.610.